The van der Waals surface area contributed by atoms with Gasteiger partial charge in [-0.2, -0.15) is 0 Å². The average Bonchev–Trinajstić information content (AvgIpc) is 2.23. The van der Waals surface area contributed by atoms with E-state index in [0.717, 1.165) is 29.8 Å². The first kappa shape index (κ1) is 9.71. The first-order valence-electron chi connectivity index (χ1n) is 4.80. The van der Waals surface area contributed by atoms with Crippen molar-refractivity contribution in [2.24, 2.45) is 0 Å². The molecule has 0 atom stereocenters. The predicted molar refractivity (Wildman–Crippen MR) is 62.6 cm³/mol. The van der Waals surface area contributed by atoms with Gasteiger partial charge in [0.15, 0.2) is 0 Å². The zero-order chi connectivity index (χ0) is 9.97. The van der Waals surface area contributed by atoms with Crippen LogP contribution >= 0.6 is 15.9 Å². The van der Waals surface area contributed by atoms with Crippen LogP contribution in [0.3, 0.4) is 0 Å². The van der Waals surface area contributed by atoms with E-state index in [1.54, 1.807) is 0 Å². The molecule has 74 valence electrons. The Hall–Kier alpha value is -0.830. The summed E-state index contributed by atoms with van der Waals surface area (Å²) in [6.45, 7) is 4.12. The summed E-state index contributed by atoms with van der Waals surface area (Å²) < 4.78 is 1.12. The van der Waals surface area contributed by atoms with Crippen molar-refractivity contribution in [3.8, 4) is 0 Å². The van der Waals surface area contributed by atoms with Crippen LogP contribution in [0, 0.1) is 6.92 Å². The minimum atomic E-state index is 0.967. The monoisotopic (exact) mass is 252 g/mol. The number of aryl methyl sites for hydroxylation is 1. The zero-order valence-corrected chi connectivity index (χ0v) is 9.79. The standard InChI is InChI=1S/C11H13BrN2/c1-9-5-6-13-11(10(9)12)14-7-3-2-4-8-14/h2-3,5-6H,4,7-8H2,1H3. The summed E-state index contributed by atoms with van der Waals surface area (Å²) in [5.41, 5.74) is 1.24. The third kappa shape index (κ3) is 1.82. The molecule has 2 nitrogen and oxygen atoms in total. The van der Waals surface area contributed by atoms with E-state index in [9.17, 15) is 0 Å². The molecule has 0 radical (unpaired) electrons. The maximum Gasteiger partial charge on any atom is 0.143 e. The molecule has 1 aliphatic rings. The minimum absolute atomic E-state index is 0.967. The normalized spacial score (nSPS) is 16.0. The predicted octanol–water partition coefficient (Wildman–Crippen LogP) is 2.92. The third-order valence-corrected chi connectivity index (χ3v) is 3.40. The molecule has 0 bridgehead atoms. The molecule has 2 heterocycles. The van der Waals surface area contributed by atoms with Crippen LogP contribution in [-0.4, -0.2) is 18.1 Å². The fraction of sp³-hybridized carbons (Fsp3) is 0.364. The summed E-state index contributed by atoms with van der Waals surface area (Å²) >= 11 is 3.59. The lowest BCUT2D eigenvalue weighted by molar-refractivity contribution is 0.802. The zero-order valence-electron chi connectivity index (χ0n) is 8.20. The lowest BCUT2D eigenvalue weighted by Crippen LogP contribution is -2.28. The van der Waals surface area contributed by atoms with Crippen LogP contribution in [0.25, 0.3) is 0 Å². The van der Waals surface area contributed by atoms with Gasteiger partial charge in [0, 0.05) is 19.3 Å². The molecule has 0 amide bonds. The molecule has 0 saturated heterocycles. The van der Waals surface area contributed by atoms with Crippen molar-refractivity contribution in [3.63, 3.8) is 0 Å². The Labute approximate surface area is 92.8 Å². The van der Waals surface area contributed by atoms with Crippen molar-refractivity contribution in [1.82, 2.24) is 4.98 Å². The number of halogens is 1. The lowest BCUT2D eigenvalue weighted by Gasteiger charge is -2.25. The molecule has 0 saturated carbocycles. The van der Waals surface area contributed by atoms with Crippen LogP contribution in [0.4, 0.5) is 5.82 Å². The Bertz CT molecular complexity index is 360. The molecule has 14 heavy (non-hydrogen) atoms. The fourth-order valence-electron chi connectivity index (χ4n) is 1.58. The SMILES string of the molecule is Cc1ccnc(N2CC=CCC2)c1Br. The lowest BCUT2D eigenvalue weighted by atomic mass is 10.2. The highest BCUT2D eigenvalue weighted by Gasteiger charge is 2.12. The Morgan fingerprint density at radius 3 is 3.00 bits per heavy atom. The summed E-state index contributed by atoms with van der Waals surface area (Å²) in [5.74, 6) is 1.06. The van der Waals surface area contributed by atoms with Crippen LogP contribution < -0.4 is 4.90 Å². The molecule has 3 heteroatoms. The summed E-state index contributed by atoms with van der Waals surface area (Å²) in [4.78, 5) is 6.70. The molecule has 2 rings (SSSR count). The minimum Gasteiger partial charge on any atom is -0.352 e. The van der Waals surface area contributed by atoms with E-state index in [2.05, 4.69) is 44.9 Å². The van der Waals surface area contributed by atoms with Gasteiger partial charge in [-0.05, 0) is 40.9 Å². The molecule has 0 unspecified atom stereocenters. The summed E-state index contributed by atoms with van der Waals surface area (Å²) in [6, 6.07) is 2.02. The van der Waals surface area contributed by atoms with Gasteiger partial charge in [-0.25, -0.2) is 4.98 Å². The highest BCUT2D eigenvalue weighted by atomic mass is 79.9. The van der Waals surface area contributed by atoms with Crippen LogP contribution in [0.5, 0.6) is 0 Å². The van der Waals surface area contributed by atoms with E-state index < -0.39 is 0 Å². The molecular weight excluding hydrogens is 240 g/mol. The van der Waals surface area contributed by atoms with Crippen LogP contribution in [0.15, 0.2) is 28.9 Å². The Morgan fingerprint density at radius 1 is 1.43 bits per heavy atom. The number of pyridine rings is 1. The maximum atomic E-state index is 4.41. The van der Waals surface area contributed by atoms with Gasteiger partial charge in [-0.3, -0.25) is 0 Å². The number of rotatable bonds is 1. The number of aromatic nitrogens is 1. The Morgan fingerprint density at radius 2 is 2.29 bits per heavy atom. The van der Waals surface area contributed by atoms with E-state index in [-0.39, 0.29) is 0 Å². The third-order valence-electron chi connectivity index (χ3n) is 2.42. The van der Waals surface area contributed by atoms with Crippen LogP contribution in [0.1, 0.15) is 12.0 Å². The number of nitrogens with zero attached hydrogens (tertiary/aromatic N) is 2. The first-order chi connectivity index (χ1) is 6.79. The largest absolute Gasteiger partial charge is 0.352 e. The van der Waals surface area contributed by atoms with Crippen molar-refractivity contribution in [3.05, 3.63) is 34.5 Å². The van der Waals surface area contributed by atoms with E-state index in [1.807, 2.05) is 12.3 Å². The maximum absolute atomic E-state index is 4.41. The molecule has 1 aromatic heterocycles. The van der Waals surface area contributed by atoms with Crippen molar-refractivity contribution < 1.29 is 0 Å². The number of anilines is 1. The van der Waals surface area contributed by atoms with Gasteiger partial charge < -0.3 is 4.90 Å². The highest BCUT2D eigenvalue weighted by Crippen LogP contribution is 2.27. The molecule has 0 aliphatic carbocycles. The quantitative estimate of drug-likeness (QED) is 0.715. The van der Waals surface area contributed by atoms with E-state index in [0.29, 0.717) is 0 Å². The van der Waals surface area contributed by atoms with Gasteiger partial charge in [0.2, 0.25) is 0 Å². The van der Waals surface area contributed by atoms with Gasteiger partial charge in [-0.15, -0.1) is 0 Å². The summed E-state index contributed by atoms with van der Waals surface area (Å²) in [6.07, 6.45) is 7.40. The van der Waals surface area contributed by atoms with E-state index in [1.165, 1.54) is 5.56 Å². The molecule has 0 aromatic carbocycles. The highest BCUT2D eigenvalue weighted by molar-refractivity contribution is 9.10. The second-order valence-electron chi connectivity index (χ2n) is 3.47. The van der Waals surface area contributed by atoms with Gasteiger partial charge in [0.05, 0.1) is 4.47 Å². The van der Waals surface area contributed by atoms with Gasteiger partial charge in [-0.1, -0.05) is 12.2 Å². The number of hydrogen-bond donors (Lipinski definition) is 0. The van der Waals surface area contributed by atoms with Gasteiger partial charge in [0.25, 0.3) is 0 Å². The van der Waals surface area contributed by atoms with Crippen molar-refractivity contribution >= 4 is 21.7 Å². The van der Waals surface area contributed by atoms with Crippen molar-refractivity contribution in [2.45, 2.75) is 13.3 Å². The molecule has 1 aliphatic heterocycles. The average molecular weight is 253 g/mol. The van der Waals surface area contributed by atoms with Crippen LogP contribution in [-0.2, 0) is 0 Å². The molecule has 0 spiro atoms. The Kier molecular flexibility index (Phi) is 2.87. The number of hydrogen-bond acceptors (Lipinski definition) is 2. The van der Waals surface area contributed by atoms with Crippen molar-refractivity contribution in [2.75, 3.05) is 18.0 Å². The summed E-state index contributed by atoms with van der Waals surface area (Å²) in [7, 11) is 0. The van der Waals surface area contributed by atoms with Gasteiger partial charge >= 0.3 is 0 Å². The smallest absolute Gasteiger partial charge is 0.143 e. The second-order valence-corrected chi connectivity index (χ2v) is 4.26. The summed E-state index contributed by atoms with van der Waals surface area (Å²) in [5, 5.41) is 0. The van der Waals surface area contributed by atoms with Crippen molar-refractivity contribution in [1.29, 1.82) is 0 Å². The molecular formula is C11H13BrN2. The molecule has 0 fully saturated rings. The first-order valence-corrected chi connectivity index (χ1v) is 5.59. The van der Waals surface area contributed by atoms with E-state index in [4.69, 9.17) is 0 Å². The van der Waals surface area contributed by atoms with Gasteiger partial charge in [0.1, 0.15) is 5.82 Å². The fourth-order valence-corrected chi connectivity index (χ4v) is 2.07. The molecule has 1 aromatic rings. The Balaban J connectivity index is 2.31. The second kappa shape index (κ2) is 4.13. The molecule has 0 N–H and O–H groups in total. The van der Waals surface area contributed by atoms with Crippen LogP contribution in [0.2, 0.25) is 0 Å². The van der Waals surface area contributed by atoms with E-state index >= 15 is 0 Å². The topological polar surface area (TPSA) is 16.1 Å².